The minimum Gasteiger partial charge on any atom is -0.500 e. The number of nitrogens with zero attached hydrogens (tertiary/aromatic N) is 2. The first-order chi connectivity index (χ1) is 11.6. The smallest absolute Gasteiger partial charge is 0.458 e. The highest BCUT2D eigenvalue weighted by molar-refractivity contribution is 6.78. The van der Waals surface area contributed by atoms with Crippen LogP contribution in [0.15, 0.2) is 34.5 Å². The quantitative estimate of drug-likeness (QED) is 0.456. The van der Waals surface area contributed by atoms with Gasteiger partial charge in [0.15, 0.2) is 0 Å². The van der Waals surface area contributed by atoms with E-state index >= 15 is 0 Å². The van der Waals surface area contributed by atoms with Gasteiger partial charge >= 0.3 is 12.2 Å². The molecule has 0 heterocycles. The first-order valence-electron chi connectivity index (χ1n) is 8.52. The van der Waals surface area contributed by atoms with E-state index in [9.17, 15) is 9.59 Å². The van der Waals surface area contributed by atoms with E-state index < -0.39 is 20.5 Å². The summed E-state index contributed by atoms with van der Waals surface area (Å²) in [5, 5.41) is 6.71. The second-order valence-electron chi connectivity index (χ2n) is 7.07. The van der Waals surface area contributed by atoms with E-state index in [2.05, 4.69) is 51.8 Å². The molecule has 138 valence electrons. The average molecular weight is 365 g/mol. The molecule has 6 nitrogen and oxygen atoms in total. The molecule has 0 aliphatic heterocycles. The van der Waals surface area contributed by atoms with Crippen molar-refractivity contribution in [2.75, 3.05) is 0 Å². The lowest BCUT2D eigenvalue weighted by Crippen LogP contribution is -2.48. The highest BCUT2D eigenvalue weighted by atomic mass is 28.4. The molecule has 0 N–H and O–H groups in total. The zero-order valence-corrected chi connectivity index (χ0v) is 17.1. The monoisotopic (exact) mass is 364 g/mol. The van der Waals surface area contributed by atoms with Crippen LogP contribution in [0.4, 0.5) is 9.59 Å². The summed E-state index contributed by atoms with van der Waals surface area (Å²) in [5.74, 6) is 0.346. The molecule has 0 bridgehead atoms. The second kappa shape index (κ2) is 8.89. The Morgan fingerprint density at radius 1 is 0.840 bits per heavy atom. The second-order valence-corrected chi connectivity index (χ2v) is 12.4. The number of ether oxygens (including phenoxy) is 1. The molecule has 0 unspecified atom stereocenters. The largest absolute Gasteiger partial charge is 0.500 e. The van der Waals surface area contributed by atoms with E-state index in [-0.39, 0.29) is 16.6 Å². The number of benzene rings is 1. The number of carbonyl (C=O) groups is 2. The fourth-order valence-corrected chi connectivity index (χ4v) is 8.38. The zero-order valence-electron chi connectivity index (χ0n) is 16.1. The molecule has 1 rings (SSSR count). The number of hydrogen-bond donors (Lipinski definition) is 0. The van der Waals surface area contributed by atoms with Crippen molar-refractivity contribution >= 4 is 20.5 Å². The fourth-order valence-electron chi connectivity index (χ4n) is 3.33. The van der Waals surface area contributed by atoms with Gasteiger partial charge in [-0.15, -0.1) is 0 Å². The molecule has 0 atom stereocenters. The summed E-state index contributed by atoms with van der Waals surface area (Å²) in [6, 6.07) is 6.91. The molecule has 0 spiro atoms. The van der Waals surface area contributed by atoms with Crippen LogP contribution in [0.3, 0.4) is 0 Å². The van der Waals surface area contributed by atoms with Crippen molar-refractivity contribution in [1.82, 2.24) is 0 Å². The maximum Gasteiger partial charge on any atom is 0.458 e. The van der Waals surface area contributed by atoms with Crippen LogP contribution in [0.2, 0.25) is 16.6 Å². The van der Waals surface area contributed by atoms with Crippen molar-refractivity contribution in [1.29, 1.82) is 0 Å². The third-order valence-electron chi connectivity index (χ3n) is 4.41. The number of amides is 2. The Hall–Kier alpha value is -2.02. The molecule has 1 aromatic rings. The standard InChI is InChI=1S/C18H28N2O4Si/c1-12(2)25(13(3)4,14(5)6)24-18(22)20-19-17(21)23-16-10-8-15(7)9-11-16/h8-14H,1-7H3/b20-19+. The summed E-state index contributed by atoms with van der Waals surface area (Å²) >= 11 is 0. The molecular weight excluding hydrogens is 336 g/mol. The lowest BCUT2D eigenvalue weighted by molar-refractivity contribution is 0.196. The minimum atomic E-state index is -2.40. The maximum absolute atomic E-state index is 12.1. The fraction of sp³-hybridized carbons (Fsp3) is 0.556. The van der Waals surface area contributed by atoms with Crippen LogP contribution in [-0.2, 0) is 4.43 Å². The third-order valence-corrected chi connectivity index (χ3v) is 10.4. The molecular formula is C18H28N2O4Si. The Bertz CT molecular complexity index is 603. The van der Waals surface area contributed by atoms with Crippen LogP contribution in [-0.4, -0.2) is 20.5 Å². The molecule has 0 radical (unpaired) electrons. The van der Waals surface area contributed by atoms with Crippen molar-refractivity contribution in [3.63, 3.8) is 0 Å². The molecule has 2 amide bonds. The van der Waals surface area contributed by atoms with Gasteiger partial charge < -0.3 is 9.16 Å². The van der Waals surface area contributed by atoms with Gasteiger partial charge in [0, 0.05) is 0 Å². The van der Waals surface area contributed by atoms with Crippen molar-refractivity contribution in [3.8, 4) is 5.75 Å². The van der Waals surface area contributed by atoms with Gasteiger partial charge in [0.2, 0.25) is 0 Å². The van der Waals surface area contributed by atoms with Gasteiger partial charge in [-0.1, -0.05) is 69.5 Å². The normalized spacial score (nSPS) is 12.2. The Kier molecular flexibility index (Phi) is 7.48. The van der Waals surface area contributed by atoms with Crippen LogP contribution < -0.4 is 4.74 Å². The molecule has 0 aliphatic rings. The zero-order chi connectivity index (χ0) is 19.2. The van der Waals surface area contributed by atoms with Gasteiger partial charge in [-0.3, -0.25) is 0 Å². The molecule has 0 aliphatic carbocycles. The molecule has 1 aromatic carbocycles. The van der Waals surface area contributed by atoms with Crippen molar-refractivity contribution < 1.29 is 18.8 Å². The van der Waals surface area contributed by atoms with E-state index in [1.807, 2.05) is 19.1 Å². The van der Waals surface area contributed by atoms with E-state index in [1.54, 1.807) is 12.1 Å². The lowest BCUT2D eigenvalue weighted by atomic mass is 10.2. The predicted octanol–water partition coefficient (Wildman–Crippen LogP) is 6.26. The number of azo groups is 1. The Balaban J connectivity index is 2.77. The topological polar surface area (TPSA) is 77.3 Å². The summed E-state index contributed by atoms with van der Waals surface area (Å²) in [5.41, 5.74) is 1.73. The van der Waals surface area contributed by atoms with E-state index in [4.69, 9.17) is 9.16 Å². The van der Waals surface area contributed by atoms with E-state index in [0.29, 0.717) is 5.75 Å². The molecule has 7 heteroatoms. The van der Waals surface area contributed by atoms with Gasteiger partial charge in [-0.2, -0.15) is 0 Å². The van der Waals surface area contributed by atoms with Crippen molar-refractivity contribution in [2.24, 2.45) is 10.2 Å². The predicted molar refractivity (Wildman–Crippen MR) is 99.6 cm³/mol. The Morgan fingerprint density at radius 2 is 1.28 bits per heavy atom. The maximum atomic E-state index is 12.1. The summed E-state index contributed by atoms with van der Waals surface area (Å²) in [7, 11) is -2.40. The lowest BCUT2D eigenvalue weighted by Gasteiger charge is -2.40. The Labute approximate surface area is 150 Å². The average Bonchev–Trinajstić information content (AvgIpc) is 2.51. The summed E-state index contributed by atoms with van der Waals surface area (Å²) in [4.78, 5) is 23.8. The van der Waals surface area contributed by atoms with Crippen LogP contribution >= 0.6 is 0 Å². The van der Waals surface area contributed by atoms with Crippen molar-refractivity contribution in [2.45, 2.75) is 65.1 Å². The molecule has 0 saturated heterocycles. The summed E-state index contributed by atoms with van der Waals surface area (Å²) in [6.45, 7) is 14.3. The van der Waals surface area contributed by atoms with Gasteiger partial charge in [-0.05, 0) is 35.7 Å². The van der Waals surface area contributed by atoms with Gasteiger partial charge in [-0.25, -0.2) is 9.59 Å². The molecule has 25 heavy (non-hydrogen) atoms. The number of rotatable bonds is 5. The van der Waals surface area contributed by atoms with Crippen molar-refractivity contribution in [3.05, 3.63) is 29.8 Å². The van der Waals surface area contributed by atoms with Gasteiger partial charge in [0.05, 0.1) is 0 Å². The van der Waals surface area contributed by atoms with Crippen LogP contribution in [0, 0.1) is 6.92 Å². The first kappa shape index (κ1) is 21.0. The van der Waals surface area contributed by atoms with Gasteiger partial charge in [0.1, 0.15) is 5.75 Å². The Morgan fingerprint density at radius 3 is 1.72 bits per heavy atom. The SMILES string of the molecule is Cc1ccc(OC(=O)/N=N/C(=O)O[Si](C(C)C)(C(C)C)C(C)C)cc1. The van der Waals surface area contributed by atoms with Crippen LogP contribution in [0.25, 0.3) is 0 Å². The highest BCUT2D eigenvalue weighted by Crippen LogP contribution is 2.42. The number of hydrogen-bond acceptors (Lipinski definition) is 4. The van der Waals surface area contributed by atoms with Gasteiger partial charge in [0.25, 0.3) is 8.32 Å². The van der Waals surface area contributed by atoms with E-state index in [0.717, 1.165) is 5.56 Å². The van der Waals surface area contributed by atoms with Crippen LogP contribution in [0.5, 0.6) is 5.75 Å². The highest BCUT2D eigenvalue weighted by Gasteiger charge is 2.48. The third kappa shape index (κ3) is 5.49. The van der Waals surface area contributed by atoms with Crippen LogP contribution in [0.1, 0.15) is 47.1 Å². The van der Waals surface area contributed by atoms with E-state index in [1.165, 1.54) is 0 Å². The first-order valence-corrected chi connectivity index (χ1v) is 10.7. The minimum absolute atomic E-state index is 0.228. The summed E-state index contributed by atoms with van der Waals surface area (Å²) in [6.07, 6.45) is -1.78. The summed E-state index contributed by atoms with van der Waals surface area (Å²) < 4.78 is 10.8. The molecule has 0 fully saturated rings. The number of aryl methyl sites for hydroxylation is 1. The molecule has 0 aromatic heterocycles. The number of carbonyl (C=O) groups excluding carboxylic acids is 2. The molecule has 0 saturated carbocycles.